The zero-order chi connectivity index (χ0) is 23.4. The second-order valence-corrected chi connectivity index (χ2v) is 8.54. The van der Waals surface area contributed by atoms with Crippen molar-refractivity contribution in [3.8, 4) is 5.75 Å². The minimum absolute atomic E-state index is 0.0183. The van der Waals surface area contributed by atoms with Crippen LogP contribution in [0.3, 0.4) is 0 Å². The first-order valence-electron chi connectivity index (χ1n) is 9.10. The third-order valence-electron chi connectivity index (χ3n) is 4.25. The van der Waals surface area contributed by atoms with Crippen LogP contribution in [0.2, 0.25) is 0 Å². The van der Waals surface area contributed by atoms with E-state index in [-0.39, 0.29) is 21.4 Å². The molecule has 0 atom stereocenters. The van der Waals surface area contributed by atoms with Crippen molar-refractivity contribution >= 4 is 44.4 Å². The van der Waals surface area contributed by atoms with Gasteiger partial charge in [0, 0.05) is 5.69 Å². The summed E-state index contributed by atoms with van der Waals surface area (Å²) in [6.07, 6.45) is -4.54. The molecule has 3 rings (SSSR count). The van der Waals surface area contributed by atoms with Crippen LogP contribution in [0.4, 0.5) is 30.2 Å². The van der Waals surface area contributed by atoms with Crippen molar-refractivity contribution in [3.05, 3.63) is 78.4 Å². The molecule has 32 heavy (non-hydrogen) atoms. The summed E-state index contributed by atoms with van der Waals surface area (Å²) in [6, 6.07) is 17.1. The summed E-state index contributed by atoms with van der Waals surface area (Å²) >= 11 is 5.09. The van der Waals surface area contributed by atoms with E-state index >= 15 is 0 Å². The van der Waals surface area contributed by atoms with E-state index in [0.717, 1.165) is 6.07 Å². The van der Waals surface area contributed by atoms with E-state index in [2.05, 4.69) is 15.4 Å². The molecule has 0 bridgehead atoms. The molecule has 11 heteroatoms. The topological polar surface area (TPSA) is 79.5 Å². The molecule has 0 spiro atoms. The maximum atomic E-state index is 13.1. The van der Waals surface area contributed by atoms with Gasteiger partial charge in [0.1, 0.15) is 5.75 Å². The standard InChI is InChI=1S/C21H18F3N3O3S2/c1-30-19-9-5-4-8-18(19)27-32(28,29)15-12-10-14(11-13-15)25-20(31)26-17-7-3-2-6-16(17)21(22,23)24/h2-13,27H,1H3,(H2,25,26,31). The number of hydrogen-bond acceptors (Lipinski definition) is 4. The van der Waals surface area contributed by atoms with Crippen molar-refractivity contribution in [3.63, 3.8) is 0 Å². The Morgan fingerprint density at radius 2 is 1.47 bits per heavy atom. The number of anilines is 3. The normalized spacial score (nSPS) is 11.5. The summed E-state index contributed by atoms with van der Waals surface area (Å²) in [5, 5.41) is 5.17. The van der Waals surface area contributed by atoms with Crippen molar-refractivity contribution in [2.45, 2.75) is 11.1 Å². The Morgan fingerprint density at radius 3 is 2.09 bits per heavy atom. The molecular weight excluding hydrogens is 463 g/mol. The minimum atomic E-state index is -4.54. The number of methoxy groups -OCH3 is 1. The number of alkyl halides is 3. The number of ether oxygens (including phenoxy) is 1. The van der Waals surface area contributed by atoms with E-state index in [9.17, 15) is 21.6 Å². The number of sulfonamides is 1. The molecule has 0 aromatic heterocycles. The predicted molar refractivity (Wildman–Crippen MR) is 122 cm³/mol. The smallest absolute Gasteiger partial charge is 0.418 e. The molecule has 0 saturated heterocycles. The van der Waals surface area contributed by atoms with Crippen molar-refractivity contribution < 1.29 is 26.3 Å². The van der Waals surface area contributed by atoms with Crippen LogP contribution in [0.15, 0.2) is 77.7 Å². The van der Waals surface area contributed by atoms with Gasteiger partial charge in [-0.05, 0) is 60.7 Å². The van der Waals surface area contributed by atoms with E-state index in [1.807, 2.05) is 0 Å². The molecule has 0 aliphatic carbocycles. The number of para-hydroxylation sites is 3. The lowest BCUT2D eigenvalue weighted by atomic mass is 10.1. The fourth-order valence-corrected chi connectivity index (χ4v) is 4.07. The third kappa shape index (κ3) is 5.68. The van der Waals surface area contributed by atoms with Gasteiger partial charge in [0.25, 0.3) is 10.0 Å². The molecule has 0 amide bonds. The molecule has 0 fully saturated rings. The Hall–Kier alpha value is -3.31. The van der Waals surface area contributed by atoms with Gasteiger partial charge in [0.05, 0.1) is 28.9 Å². The van der Waals surface area contributed by atoms with Crippen LogP contribution >= 0.6 is 12.2 Å². The highest BCUT2D eigenvalue weighted by molar-refractivity contribution is 7.92. The van der Waals surface area contributed by atoms with E-state index in [4.69, 9.17) is 17.0 Å². The quantitative estimate of drug-likeness (QED) is 0.414. The lowest BCUT2D eigenvalue weighted by Crippen LogP contribution is -2.21. The summed E-state index contributed by atoms with van der Waals surface area (Å²) in [6.45, 7) is 0. The minimum Gasteiger partial charge on any atom is -0.495 e. The van der Waals surface area contributed by atoms with E-state index in [1.165, 1.54) is 49.6 Å². The average molecular weight is 482 g/mol. The number of hydrogen-bond donors (Lipinski definition) is 3. The van der Waals surface area contributed by atoms with Crippen molar-refractivity contribution in [2.24, 2.45) is 0 Å². The number of rotatable bonds is 6. The lowest BCUT2D eigenvalue weighted by molar-refractivity contribution is -0.136. The highest BCUT2D eigenvalue weighted by Gasteiger charge is 2.33. The molecule has 0 radical (unpaired) electrons. The number of halogens is 3. The van der Waals surface area contributed by atoms with Gasteiger partial charge in [-0.25, -0.2) is 8.42 Å². The van der Waals surface area contributed by atoms with Gasteiger partial charge in [-0.2, -0.15) is 13.2 Å². The Balaban J connectivity index is 1.70. The van der Waals surface area contributed by atoms with Crippen molar-refractivity contribution in [1.29, 1.82) is 0 Å². The van der Waals surface area contributed by atoms with Crippen LogP contribution in [-0.2, 0) is 16.2 Å². The zero-order valence-corrected chi connectivity index (χ0v) is 18.2. The molecule has 0 saturated carbocycles. The van der Waals surface area contributed by atoms with Crippen LogP contribution in [0.5, 0.6) is 5.75 Å². The summed E-state index contributed by atoms with van der Waals surface area (Å²) < 4.78 is 72.2. The van der Waals surface area contributed by atoms with E-state index in [1.54, 1.807) is 24.3 Å². The molecule has 0 aliphatic heterocycles. The molecule has 3 N–H and O–H groups in total. The van der Waals surface area contributed by atoms with Crippen LogP contribution in [0.1, 0.15) is 5.56 Å². The number of thiocarbonyl (C=S) groups is 1. The highest BCUT2D eigenvalue weighted by Crippen LogP contribution is 2.34. The maximum Gasteiger partial charge on any atom is 0.418 e. The van der Waals surface area contributed by atoms with Gasteiger partial charge in [-0.3, -0.25) is 4.72 Å². The van der Waals surface area contributed by atoms with Gasteiger partial charge in [0.2, 0.25) is 0 Å². The van der Waals surface area contributed by atoms with Crippen LogP contribution < -0.4 is 20.1 Å². The van der Waals surface area contributed by atoms with E-state index < -0.39 is 21.8 Å². The van der Waals surface area contributed by atoms with Crippen molar-refractivity contribution in [2.75, 3.05) is 22.5 Å². The van der Waals surface area contributed by atoms with Crippen molar-refractivity contribution in [1.82, 2.24) is 0 Å². The Bertz CT molecular complexity index is 1210. The summed E-state index contributed by atoms with van der Waals surface area (Å²) in [4.78, 5) is -0.0183. The largest absolute Gasteiger partial charge is 0.495 e. The second kappa shape index (κ2) is 9.45. The van der Waals surface area contributed by atoms with Gasteiger partial charge in [0.15, 0.2) is 5.11 Å². The third-order valence-corrected chi connectivity index (χ3v) is 5.84. The summed E-state index contributed by atoms with van der Waals surface area (Å²) in [5.41, 5.74) is -0.375. The summed E-state index contributed by atoms with van der Waals surface area (Å²) in [7, 11) is -2.46. The first-order chi connectivity index (χ1) is 15.1. The molecule has 6 nitrogen and oxygen atoms in total. The molecule has 3 aromatic carbocycles. The molecule has 0 heterocycles. The van der Waals surface area contributed by atoms with Crippen LogP contribution in [0.25, 0.3) is 0 Å². The van der Waals surface area contributed by atoms with Gasteiger partial charge >= 0.3 is 6.18 Å². The first-order valence-corrected chi connectivity index (χ1v) is 11.0. The monoisotopic (exact) mass is 481 g/mol. The number of benzene rings is 3. The fraction of sp³-hybridized carbons (Fsp3) is 0.0952. The fourth-order valence-electron chi connectivity index (χ4n) is 2.77. The number of nitrogens with one attached hydrogen (secondary N) is 3. The average Bonchev–Trinajstić information content (AvgIpc) is 2.74. The van der Waals surface area contributed by atoms with E-state index in [0.29, 0.717) is 11.4 Å². The van der Waals surface area contributed by atoms with Gasteiger partial charge in [-0.15, -0.1) is 0 Å². The molecule has 0 aliphatic rings. The first kappa shape index (κ1) is 23.4. The predicted octanol–water partition coefficient (Wildman–Crippen LogP) is 5.32. The Labute approximate surface area is 188 Å². The Morgan fingerprint density at radius 1 is 0.875 bits per heavy atom. The van der Waals surface area contributed by atoms with Gasteiger partial charge < -0.3 is 15.4 Å². The molecule has 3 aromatic rings. The molecular formula is C21H18F3N3O3S2. The Kier molecular flexibility index (Phi) is 6.90. The summed E-state index contributed by atoms with van der Waals surface area (Å²) in [5.74, 6) is 0.366. The molecule has 168 valence electrons. The van der Waals surface area contributed by atoms with Crippen LogP contribution in [0, 0.1) is 0 Å². The SMILES string of the molecule is COc1ccccc1NS(=O)(=O)c1ccc(NC(=S)Nc2ccccc2C(F)(F)F)cc1. The highest BCUT2D eigenvalue weighted by atomic mass is 32.2. The molecule has 0 unspecified atom stereocenters. The van der Waals surface area contributed by atoms with Gasteiger partial charge in [-0.1, -0.05) is 24.3 Å². The lowest BCUT2D eigenvalue weighted by Gasteiger charge is -2.16. The van der Waals surface area contributed by atoms with Crippen LogP contribution in [-0.4, -0.2) is 20.6 Å². The second-order valence-electron chi connectivity index (χ2n) is 6.45. The zero-order valence-electron chi connectivity index (χ0n) is 16.6. The maximum absolute atomic E-state index is 13.1.